The second-order valence-electron chi connectivity index (χ2n) is 8.50. The van der Waals surface area contributed by atoms with Gasteiger partial charge < -0.3 is 40.5 Å². The molecule has 2 aromatic rings. The van der Waals surface area contributed by atoms with Crippen LogP contribution in [0.3, 0.4) is 0 Å². The molecule has 1 aliphatic heterocycles. The summed E-state index contributed by atoms with van der Waals surface area (Å²) in [6.45, 7) is -0.651. The molecule has 0 saturated carbocycles. The lowest BCUT2D eigenvalue weighted by molar-refractivity contribution is -0.277. The van der Waals surface area contributed by atoms with E-state index in [9.17, 15) is 35.7 Å². The topological polar surface area (TPSA) is 177 Å². The van der Waals surface area contributed by atoms with Gasteiger partial charge in [0.15, 0.2) is 0 Å². The van der Waals surface area contributed by atoms with E-state index in [0.29, 0.717) is 16.6 Å². The van der Waals surface area contributed by atoms with Crippen molar-refractivity contribution in [3.63, 3.8) is 0 Å². The van der Waals surface area contributed by atoms with E-state index < -0.39 is 48.3 Å². The Balaban J connectivity index is 1.62. The minimum Gasteiger partial charge on any atom is -0.512 e. The van der Waals surface area contributed by atoms with E-state index in [2.05, 4.69) is 9.97 Å². The van der Waals surface area contributed by atoms with Gasteiger partial charge in [-0.3, -0.25) is 9.97 Å². The predicted molar refractivity (Wildman–Crippen MR) is 107 cm³/mol. The SMILES string of the molecule is OC[C@H]1O[C@@H](C2(O)CC(O)=CC(O)(Cc3ccc4nccnc4c3)C2)[C@H](O)[C@@H](O)[C@@H]1O. The summed E-state index contributed by atoms with van der Waals surface area (Å²) in [6, 6.07) is 5.24. The van der Waals surface area contributed by atoms with Gasteiger partial charge in [-0.2, -0.15) is 0 Å². The molecule has 2 unspecified atom stereocenters. The van der Waals surface area contributed by atoms with Gasteiger partial charge >= 0.3 is 0 Å². The van der Waals surface area contributed by atoms with Crippen molar-refractivity contribution in [2.24, 2.45) is 0 Å². The first kappa shape index (κ1) is 22.0. The number of fused-ring (bicyclic) bond motifs is 1. The van der Waals surface area contributed by atoms with Crippen LogP contribution in [0.2, 0.25) is 0 Å². The highest BCUT2D eigenvalue weighted by Crippen LogP contribution is 2.42. The van der Waals surface area contributed by atoms with Crippen LogP contribution in [-0.2, 0) is 11.2 Å². The van der Waals surface area contributed by atoms with Crippen molar-refractivity contribution in [2.45, 2.75) is 61.0 Å². The summed E-state index contributed by atoms with van der Waals surface area (Å²) in [5.74, 6) is -0.311. The van der Waals surface area contributed by atoms with E-state index in [4.69, 9.17) is 4.74 Å². The number of nitrogens with zero attached hydrogens (tertiary/aromatic N) is 2. The average Bonchev–Trinajstić information content (AvgIpc) is 2.70. The second kappa shape index (κ2) is 8.06. The molecule has 0 spiro atoms. The zero-order chi connectivity index (χ0) is 22.4. The molecule has 1 aliphatic carbocycles. The zero-order valence-electron chi connectivity index (χ0n) is 16.6. The third-order valence-corrected chi connectivity index (χ3v) is 6.00. The summed E-state index contributed by atoms with van der Waals surface area (Å²) >= 11 is 0. The van der Waals surface area contributed by atoms with Gasteiger partial charge in [0.05, 0.1) is 29.0 Å². The maximum absolute atomic E-state index is 11.3. The highest BCUT2D eigenvalue weighted by molar-refractivity contribution is 5.74. The summed E-state index contributed by atoms with van der Waals surface area (Å²) in [7, 11) is 0. The fourth-order valence-electron chi connectivity index (χ4n) is 4.65. The van der Waals surface area contributed by atoms with E-state index in [-0.39, 0.29) is 25.0 Å². The van der Waals surface area contributed by atoms with Gasteiger partial charge in [-0.15, -0.1) is 0 Å². The van der Waals surface area contributed by atoms with Crippen molar-refractivity contribution in [2.75, 3.05) is 6.61 Å². The normalized spacial score (nSPS) is 38.8. The Bertz CT molecular complexity index is 985. The zero-order valence-corrected chi connectivity index (χ0v) is 16.6. The molecule has 2 aliphatic rings. The third-order valence-electron chi connectivity index (χ3n) is 6.00. The van der Waals surface area contributed by atoms with Crippen molar-refractivity contribution in [3.05, 3.63) is 48.0 Å². The van der Waals surface area contributed by atoms with Crippen LogP contribution in [0.15, 0.2) is 42.4 Å². The van der Waals surface area contributed by atoms with Crippen LogP contribution < -0.4 is 0 Å². The Kier molecular flexibility index (Phi) is 5.73. The number of ether oxygens (including phenoxy) is 1. The molecule has 0 amide bonds. The third kappa shape index (κ3) is 4.15. The number of hydrogen-bond acceptors (Lipinski definition) is 10. The first-order valence-electron chi connectivity index (χ1n) is 10.00. The molecule has 1 aromatic heterocycles. The summed E-state index contributed by atoms with van der Waals surface area (Å²) in [5, 5.41) is 72.8. The molecule has 1 saturated heterocycles. The van der Waals surface area contributed by atoms with Crippen LogP contribution in [0.5, 0.6) is 0 Å². The number of hydrogen-bond donors (Lipinski definition) is 7. The summed E-state index contributed by atoms with van der Waals surface area (Å²) in [5.41, 5.74) is -1.70. The number of aromatic nitrogens is 2. The highest BCUT2D eigenvalue weighted by Gasteiger charge is 2.56. The molecule has 10 nitrogen and oxygen atoms in total. The maximum atomic E-state index is 11.3. The van der Waals surface area contributed by atoms with Gasteiger partial charge in [0, 0.05) is 31.7 Å². The molecule has 2 heterocycles. The lowest BCUT2D eigenvalue weighted by Gasteiger charge is -2.50. The minimum atomic E-state index is -1.97. The fraction of sp³-hybridized carbons (Fsp3) is 0.524. The Morgan fingerprint density at radius 2 is 1.71 bits per heavy atom. The number of aliphatic hydroxyl groups is 7. The lowest BCUT2D eigenvalue weighted by Crippen LogP contribution is -2.67. The van der Waals surface area contributed by atoms with Crippen LogP contribution in [-0.4, -0.2) is 94.0 Å². The van der Waals surface area contributed by atoms with E-state index in [0.717, 1.165) is 0 Å². The largest absolute Gasteiger partial charge is 0.512 e. The molecule has 7 N–H and O–H groups in total. The number of rotatable bonds is 4. The van der Waals surface area contributed by atoms with Crippen molar-refractivity contribution in [1.29, 1.82) is 0 Å². The summed E-state index contributed by atoms with van der Waals surface area (Å²) in [4.78, 5) is 8.42. The Hall–Kier alpha value is -2.18. The summed E-state index contributed by atoms with van der Waals surface area (Å²) < 4.78 is 5.49. The van der Waals surface area contributed by atoms with Gasteiger partial charge in [-0.1, -0.05) is 6.07 Å². The molecule has 1 fully saturated rings. The van der Waals surface area contributed by atoms with Crippen molar-refractivity contribution in [1.82, 2.24) is 9.97 Å². The molecule has 10 heteroatoms. The first-order chi connectivity index (χ1) is 14.6. The van der Waals surface area contributed by atoms with E-state index >= 15 is 0 Å². The van der Waals surface area contributed by atoms with Crippen molar-refractivity contribution < 1.29 is 40.5 Å². The van der Waals surface area contributed by atoms with Gasteiger partial charge in [0.2, 0.25) is 0 Å². The summed E-state index contributed by atoms with van der Waals surface area (Å²) in [6.07, 6.45) is -3.94. The second-order valence-corrected chi connectivity index (χ2v) is 8.50. The minimum absolute atomic E-state index is 0.0172. The smallest absolute Gasteiger partial charge is 0.116 e. The highest BCUT2D eigenvalue weighted by atomic mass is 16.6. The Morgan fingerprint density at radius 3 is 2.42 bits per heavy atom. The first-order valence-corrected chi connectivity index (χ1v) is 10.00. The van der Waals surface area contributed by atoms with E-state index in [1.54, 1.807) is 30.6 Å². The standard InChI is InChI=1S/C21H26N2O8/c24-9-15-16(26)17(27)18(28)19(31-15)21(30)8-12(25)7-20(29,10-21)6-11-1-2-13-14(5-11)23-4-3-22-13/h1-5,7,15-19,24-30H,6,8-10H2/t15-,16-,17+,18-,19-,20?,21?/m1/s1. The maximum Gasteiger partial charge on any atom is 0.116 e. The molecule has 7 atom stereocenters. The molecule has 0 radical (unpaired) electrons. The van der Waals surface area contributed by atoms with Crippen molar-refractivity contribution >= 4 is 11.0 Å². The molecular weight excluding hydrogens is 408 g/mol. The molecule has 168 valence electrons. The van der Waals surface area contributed by atoms with Gasteiger partial charge in [0.1, 0.15) is 36.1 Å². The molecule has 31 heavy (non-hydrogen) atoms. The van der Waals surface area contributed by atoms with E-state index in [1.165, 1.54) is 6.08 Å². The quantitative estimate of drug-likeness (QED) is 0.306. The van der Waals surface area contributed by atoms with Gasteiger partial charge in [-0.05, 0) is 23.8 Å². The molecule has 4 rings (SSSR count). The molecule has 1 aromatic carbocycles. The van der Waals surface area contributed by atoms with Crippen LogP contribution >= 0.6 is 0 Å². The average molecular weight is 434 g/mol. The van der Waals surface area contributed by atoms with Crippen LogP contribution in [0.1, 0.15) is 18.4 Å². The monoisotopic (exact) mass is 434 g/mol. The van der Waals surface area contributed by atoms with Crippen LogP contribution in [0.25, 0.3) is 11.0 Å². The van der Waals surface area contributed by atoms with Gasteiger partial charge in [0.25, 0.3) is 0 Å². The van der Waals surface area contributed by atoms with Crippen molar-refractivity contribution in [3.8, 4) is 0 Å². The van der Waals surface area contributed by atoms with Gasteiger partial charge in [-0.25, -0.2) is 0 Å². The number of aliphatic hydroxyl groups excluding tert-OH is 5. The Morgan fingerprint density at radius 1 is 1.00 bits per heavy atom. The fourth-order valence-corrected chi connectivity index (χ4v) is 4.65. The Labute approximate surface area is 177 Å². The van der Waals surface area contributed by atoms with E-state index in [1.807, 2.05) is 0 Å². The van der Waals surface area contributed by atoms with Crippen LogP contribution in [0, 0.1) is 0 Å². The lowest BCUT2D eigenvalue weighted by atomic mass is 9.71. The molecular formula is C21H26N2O8. The predicted octanol–water partition coefficient (Wildman–Crippen LogP) is -1.29. The van der Waals surface area contributed by atoms with Crippen LogP contribution in [0.4, 0.5) is 0 Å². The number of benzene rings is 1. The molecule has 0 bridgehead atoms.